The third kappa shape index (κ3) is 9.67. The number of amidine groups is 1. The molecule has 1 heterocycles. The van der Waals surface area contributed by atoms with E-state index in [1.54, 1.807) is 67.5 Å². The lowest BCUT2D eigenvalue weighted by atomic mass is 10.1. The van der Waals surface area contributed by atoms with Gasteiger partial charge in [0.05, 0.1) is 29.0 Å². The smallest absolute Gasteiger partial charge is 0.478 e. The molecule has 0 aliphatic carbocycles. The number of pyridine rings is 1. The number of aliphatic hydroxyl groups is 1. The molecule has 3 rings (SSSR count). The van der Waals surface area contributed by atoms with Gasteiger partial charge in [-0.05, 0) is 42.0 Å². The SMILES string of the molecule is CN(C)C(=N)c1ccc(C(=O)Nc2ccc(CO)cc2C(=O)Nc2ccc(Cl)cn2)cc1.O=CO/C=C\C(=O)O.[H+]. The Kier molecular flexibility index (Phi) is 12.0. The summed E-state index contributed by atoms with van der Waals surface area (Å²) in [4.78, 5) is 50.2. The molecule has 208 valence electrons. The maximum Gasteiger partial charge on any atom is 1.00 e. The Morgan fingerprint density at radius 1 is 1.05 bits per heavy atom. The standard InChI is InChI=1S/C23H22ClN5O3.C4H4O4/c1-29(2)21(25)15-4-6-16(7-5-15)22(31)27-19-9-3-14(13-30)11-18(19)23(32)28-20-10-8-17(24)12-26-20;5-3-8-2-1-4(6)7/h3-12,25,30H,13H2,1-2H3,(H,27,31)(H,26,28,32);1-3H,(H,6,7)/p+1/b;2-1-. The number of rotatable bonds is 9. The van der Waals surface area contributed by atoms with E-state index in [1.165, 1.54) is 12.3 Å². The number of aliphatic carboxylic acids is 1. The molecule has 2 amide bonds. The van der Waals surface area contributed by atoms with Gasteiger partial charge < -0.3 is 30.5 Å². The van der Waals surface area contributed by atoms with Gasteiger partial charge in [-0.1, -0.05) is 29.8 Å². The maximum absolute atomic E-state index is 12.8. The molecule has 5 N–H and O–H groups in total. The number of carboxylic acid groups (broad SMARTS) is 1. The molecular weight excluding hydrogens is 542 g/mol. The molecule has 0 fully saturated rings. The van der Waals surface area contributed by atoms with Crippen molar-refractivity contribution >= 4 is 53.2 Å². The number of hydrogen-bond donors (Lipinski definition) is 5. The third-order valence-electron chi connectivity index (χ3n) is 4.94. The van der Waals surface area contributed by atoms with Crippen LogP contribution in [0.4, 0.5) is 11.5 Å². The normalized spacial score (nSPS) is 10.1. The first kappa shape index (κ1) is 31.1. The van der Waals surface area contributed by atoms with Crippen LogP contribution in [0.5, 0.6) is 0 Å². The average Bonchev–Trinajstić information content (AvgIpc) is 2.94. The highest BCUT2D eigenvalue weighted by molar-refractivity contribution is 6.30. The molecule has 12 nitrogen and oxygen atoms in total. The van der Waals surface area contributed by atoms with Crippen LogP contribution in [0.25, 0.3) is 0 Å². The van der Waals surface area contributed by atoms with Crippen molar-refractivity contribution in [2.24, 2.45) is 0 Å². The fourth-order valence-electron chi connectivity index (χ4n) is 2.98. The molecule has 0 saturated carbocycles. The average molecular weight is 569 g/mol. The fourth-order valence-corrected chi connectivity index (χ4v) is 3.09. The van der Waals surface area contributed by atoms with Crippen molar-refractivity contribution in [3.63, 3.8) is 0 Å². The number of ether oxygens (including phenoxy) is 1. The predicted molar refractivity (Wildman–Crippen MR) is 150 cm³/mol. The summed E-state index contributed by atoms with van der Waals surface area (Å²) in [5.74, 6) is -1.44. The second-order valence-corrected chi connectivity index (χ2v) is 8.44. The number of carbonyl (C=O) groups is 4. The highest BCUT2D eigenvalue weighted by atomic mass is 35.5. The van der Waals surface area contributed by atoms with Gasteiger partial charge in [-0.15, -0.1) is 0 Å². The van der Waals surface area contributed by atoms with Crippen LogP contribution in [0.3, 0.4) is 0 Å². The molecule has 0 unspecified atom stereocenters. The minimum Gasteiger partial charge on any atom is -0.478 e. The van der Waals surface area contributed by atoms with Crippen molar-refractivity contribution in [2.75, 3.05) is 24.7 Å². The van der Waals surface area contributed by atoms with Crippen LogP contribution in [0, 0.1) is 5.41 Å². The lowest BCUT2D eigenvalue weighted by Crippen LogP contribution is -2.22. The number of nitrogens with zero attached hydrogens (tertiary/aromatic N) is 2. The quantitative estimate of drug-likeness (QED) is 0.0848. The molecule has 0 saturated heterocycles. The first-order chi connectivity index (χ1) is 19.0. The number of benzene rings is 2. The molecule has 0 aliphatic heterocycles. The lowest BCUT2D eigenvalue weighted by molar-refractivity contribution is -0.131. The summed E-state index contributed by atoms with van der Waals surface area (Å²) in [6.07, 6.45) is 2.91. The number of carboxylic acids is 1. The van der Waals surface area contributed by atoms with Gasteiger partial charge in [0.2, 0.25) is 0 Å². The Bertz CT molecular complexity index is 1400. The van der Waals surface area contributed by atoms with Crippen molar-refractivity contribution in [2.45, 2.75) is 6.61 Å². The van der Waals surface area contributed by atoms with Crippen LogP contribution in [-0.4, -0.2) is 64.3 Å². The third-order valence-corrected chi connectivity index (χ3v) is 5.16. The minimum absolute atomic E-state index is 0. The molecule has 0 radical (unpaired) electrons. The van der Waals surface area contributed by atoms with Crippen molar-refractivity contribution in [3.05, 3.63) is 100 Å². The van der Waals surface area contributed by atoms with Crippen molar-refractivity contribution in [1.82, 2.24) is 9.88 Å². The van der Waals surface area contributed by atoms with Crippen LogP contribution in [-0.2, 0) is 20.9 Å². The van der Waals surface area contributed by atoms with E-state index in [0.717, 1.165) is 6.26 Å². The molecule has 13 heteroatoms. The van der Waals surface area contributed by atoms with E-state index in [-0.39, 0.29) is 25.8 Å². The van der Waals surface area contributed by atoms with Gasteiger partial charge >= 0.3 is 7.40 Å². The molecular formula is C27H27ClN5O7+. The van der Waals surface area contributed by atoms with Crippen LogP contribution >= 0.6 is 11.6 Å². The summed E-state index contributed by atoms with van der Waals surface area (Å²) in [5.41, 5.74) is 2.02. The zero-order valence-corrected chi connectivity index (χ0v) is 22.2. The first-order valence-electron chi connectivity index (χ1n) is 11.4. The molecule has 0 spiro atoms. The number of aromatic nitrogens is 1. The highest BCUT2D eigenvalue weighted by Gasteiger charge is 2.16. The van der Waals surface area contributed by atoms with Gasteiger partial charge in [-0.2, -0.15) is 0 Å². The Morgan fingerprint density at radius 3 is 2.27 bits per heavy atom. The Hall–Kier alpha value is -5.07. The second-order valence-electron chi connectivity index (χ2n) is 8.00. The number of aliphatic hydroxyl groups excluding tert-OH is 1. The van der Waals surface area contributed by atoms with Gasteiger partial charge in [0, 0.05) is 31.4 Å². The summed E-state index contributed by atoms with van der Waals surface area (Å²) < 4.78 is 3.90. The summed E-state index contributed by atoms with van der Waals surface area (Å²) in [7, 11) is 3.54. The summed E-state index contributed by atoms with van der Waals surface area (Å²) in [5, 5.41) is 31.1. The zero-order valence-electron chi connectivity index (χ0n) is 22.4. The number of anilines is 2. The first-order valence-corrected chi connectivity index (χ1v) is 11.8. The van der Waals surface area contributed by atoms with Crippen molar-refractivity contribution in [3.8, 4) is 0 Å². The van der Waals surface area contributed by atoms with Crippen LogP contribution in [0.15, 0.2) is 73.1 Å². The van der Waals surface area contributed by atoms with E-state index in [0.29, 0.717) is 39.4 Å². The van der Waals surface area contributed by atoms with Crippen molar-refractivity contribution < 1.29 is 35.6 Å². The van der Waals surface area contributed by atoms with E-state index in [2.05, 4.69) is 20.4 Å². The van der Waals surface area contributed by atoms with E-state index in [9.17, 15) is 24.3 Å². The molecule has 0 atom stereocenters. The summed E-state index contributed by atoms with van der Waals surface area (Å²) in [6.45, 7) is -0.119. The number of carbonyl (C=O) groups excluding carboxylic acids is 3. The van der Waals surface area contributed by atoms with Crippen molar-refractivity contribution in [1.29, 1.82) is 5.41 Å². The molecule has 3 aromatic rings. The molecule has 40 heavy (non-hydrogen) atoms. The van der Waals surface area contributed by atoms with E-state index < -0.39 is 17.8 Å². The van der Waals surface area contributed by atoms with Gasteiger partial charge in [0.15, 0.2) is 0 Å². The number of nitrogens with one attached hydrogen (secondary N) is 3. The maximum atomic E-state index is 12.8. The van der Waals surface area contributed by atoms with Gasteiger partial charge in [0.25, 0.3) is 18.3 Å². The largest absolute Gasteiger partial charge is 1.00 e. The molecule has 2 aromatic carbocycles. The zero-order chi connectivity index (χ0) is 29.7. The van der Waals surface area contributed by atoms with Crippen LogP contribution < -0.4 is 10.6 Å². The lowest BCUT2D eigenvalue weighted by Gasteiger charge is -2.15. The van der Waals surface area contributed by atoms with Crippen LogP contribution in [0.2, 0.25) is 5.02 Å². The second kappa shape index (κ2) is 15.4. The number of halogens is 1. The Balaban J connectivity index is 0.000000818. The van der Waals surface area contributed by atoms with Gasteiger partial charge in [0.1, 0.15) is 17.9 Å². The predicted octanol–water partition coefficient (Wildman–Crippen LogP) is 3.49. The minimum atomic E-state index is -1.15. The number of amides is 2. The Morgan fingerprint density at radius 2 is 1.73 bits per heavy atom. The van der Waals surface area contributed by atoms with Gasteiger partial charge in [-0.3, -0.25) is 19.8 Å². The summed E-state index contributed by atoms with van der Waals surface area (Å²) >= 11 is 5.82. The molecule has 0 bridgehead atoms. The fraction of sp³-hybridized carbons (Fsp3) is 0.111. The topological polar surface area (TPSA) is 182 Å². The highest BCUT2D eigenvalue weighted by Crippen LogP contribution is 2.21. The summed E-state index contributed by atoms with van der Waals surface area (Å²) in [6, 6.07) is 14.4. The van der Waals surface area contributed by atoms with Gasteiger partial charge in [-0.25, -0.2) is 9.78 Å². The Labute approximate surface area is 235 Å². The van der Waals surface area contributed by atoms with Crippen LogP contribution in [0.1, 0.15) is 33.3 Å². The molecule has 0 aliphatic rings. The van der Waals surface area contributed by atoms with E-state index in [4.69, 9.17) is 22.1 Å². The molecule has 1 aromatic heterocycles. The van der Waals surface area contributed by atoms with E-state index >= 15 is 0 Å². The van der Waals surface area contributed by atoms with E-state index in [1.807, 2.05) is 0 Å². The number of hydrogen-bond acceptors (Lipinski definition) is 8. The monoisotopic (exact) mass is 568 g/mol.